The van der Waals surface area contributed by atoms with Crippen molar-refractivity contribution in [1.82, 2.24) is 10.3 Å². The molecule has 1 atom stereocenters. The van der Waals surface area contributed by atoms with Crippen molar-refractivity contribution in [1.29, 1.82) is 0 Å². The highest BCUT2D eigenvalue weighted by atomic mass is 16.2. The van der Waals surface area contributed by atoms with Gasteiger partial charge in [0.05, 0.1) is 6.54 Å². The van der Waals surface area contributed by atoms with Gasteiger partial charge in [0, 0.05) is 18.3 Å². The lowest BCUT2D eigenvalue weighted by atomic mass is 10.1. The Hall–Kier alpha value is -1.95. The molecule has 3 N–H and O–H groups in total. The summed E-state index contributed by atoms with van der Waals surface area (Å²) in [4.78, 5) is 29.3. The number of rotatable bonds is 3. The van der Waals surface area contributed by atoms with Gasteiger partial charge in [0.15, 0.2) is 0 Å². The Morgan fingerprint density at radius 2 is 2.33 bits per heavy atom. The van der Waals surface area contributed by atoms with Crippen molar-refractivity contribution in [2.75, 3.05) is 11.4 Å². The van der Waals surface area contributed by atoms with Gasteiger partial charge in [-0.3, -0.25) is 14.9 Å². The van der Waals surface area contributed by atoms with Gasteiger partial charge in [0.1, 0.15) is 11.9 Å². The topological polar surface area (TPSA) is 88.3 Å². The number of pyridine rings is 1. The van der Waals surface area contributed by atoms with E-state index in [1.165, 1.54) is 0 Å². The standard InChI is InChI=1S/C12H16N4O2/c1-2-9-12(18)15-10(17)7-16(9)11-8(6-13)4-3-5-14-11/h3-5,9H,2,6-7,13H2,1H3,(H,15,17,18). The lowest BCUT2D eigenvalue weighted by Crippen LogP contribution is -2.58. The fourth-order valence-electron chi connectivity index (χ4n) is 2.14. The zero-order valence-corrected chi connectivity index (χ0v) is 10.2. The molecule has 1 unspecified atom stereocenters. The number of nitrogens with zero attached hydrogens (tertiary/aromatic N) is 2. The second-order valence-electron chi connectivity index (χ2n) is 4.15. The number of carbonyl (C=O) groups excluding carboxylic acids is 2. The van der Waals surface area contributed by atoms with E-state index >= 15 is 0 Å². The van der Waals surface area contributed by atoms with Crippen LogP contribution in [0.5, 0.6) is 0 Å². The summed E-state index contributed by atoms with van der Waals surface area (Å²) in [6.07, 6.45) is 2.25. The molecule has 0 radical (unpaired) electrons. The van der Waals surface area contributed by atoms with Crippen LogP contribution >= 0.6 is 0 Å². The number of hydrogen-bond donors (Lipinski definition) is 2. The molecule has 6 nitrogen and oxygen atoms in total. The van der Waals surface area contributed by atoms with Crippen molar-refractivity contribution >= 4 is 17.6 Å². The van der Waals surface area contributed by atoms with Crippen LogP contribution in [0.4, 0.5) is 5.82 Å². The molecule has 1 fully saturated rings. The molecular formula is C12H16N4O2. The first kappa shape index (κ1) is 12.5. The molecule has 18 heavy (non-hydrogen) atoms. The first-order valence-corrected chi connectivity index (χ1v) is 5.91. The van der Waals surface area contributed by atoms with Crippen LogP contribution in [-0.2, 0) is 16.1 Å². The average molecular weight is 248 g/mol. The molecule has 1 aromatic rings. The van der Waals surface area contributed by atoms with E-state index in [2.05, 4.69) is 10.3 Å². The molecule has 0 aliphatic carbocycles. The third-order valence-corrected chi connectivity index (χ3v) is 3.00. The second-order valence-corrected chi connectivity index (χ2v) is 4.15. The minimum absolute atomic E-state index is 0.133. The summed E-state index contributed by atoms with van der Waals surface area (Å²) in [5.41, 5.74) is 6.49. The van der Waals surface area contributed by atoms with E-state index in [0.29, 0.717) is 18.8 Å². The zero-order chi connectivity index (χ0) is 13.1. The van der Waals surface area contributed by atoms with Crippen LogP contribution in [0.25, 0.3) is 0 Å². The van der Waals surface area contributed by atoms with Gasteiger partial charge in [-0.15, -0.1) is 0 Å². The summed E-state index contributed by atoms with van der Waals surface area (Å²) in [6, 6.07) is 3.27. The Bertz CT molecular complexity index is 475. The monoisotopic (exact) mass is 248 g/mol. The van der Waals surface area contributed by atoms with Crippen molar-refractivity contribution in [3.05, 3.63) is 23.9 Å². The highest BCUT2D eigenvalue weighted by molar-refractivity contribution is 6.04. The molecule has 1 aliphatic rings. The van der Waals surface area contributed by atoms with Gasteiger partial charge in [-0.2, -0.15) is 0 Å². The van der Waals surface area contributed by atoms with E-state index in [1.54, 1.807) is 17.2 Å². The van der Waals surface area contributed by atoms with Crippen molar-refractivity contribution in [2.45, 2.75) is 25.9 Å². The van der Waals surface area contributed by atoms with Crippen LogP contribution in [0.15, 0.2) is 18.3 Å². The Kier molecular flexibility index (Phi) is 3.57. The van der Waals surface area contributed by atoms with E-state index in [9.17, 15) is 9.59 Å². The maximum Gasteiger partial charge on any atom is 0.249 e. The first-order chi connectivity index (χ1) is 8.67. The van der Waals surface area contributed by atoms with Crippen LogP contribution in [0.2, 0.25) is 0 Å². The molecule has 0 spiro atoms. The van der Waals surface area contributed by atoms with E-state index in [-0.39, 0.29) is 24.4 Å². The highest BCUT2D eigenvalue weighted by Gasteiger charge is 2.33. The molecule has 96 valence electrons. The number of nitrogens with one attached hydrogen (secondary N) is 1. The fourth-order valence-corrected chi connectivity index (χ4v) is 2.14. The molecule has 6 heteroatoms. The van der Waals surface area contributed by atoms with Gasteiger partial charge in [0.2, 0.25) is 11.8 Å². The van der Waals surface area contributed by atoms with Crippen LogP contribution in [-0.4, -0.2) is 29.4 Å². The third-order valence-electron chi connectivity index (χ3n) is 3.00. The number of piperazine rings is 1. The van der Waals surface area contributed by atoms with Gasteiger partial charge in [0.25, 0.3) is 0 Å². The normalized spacial score (nSPS) is 19.9. The minimum Gasteiger partial charge on any atom is -0.335 e. The number of carbonyl (C=O) groups is 2. The van der Waals surface area contributed by atoms with Crippen LogP contribution < -0.4 is 16.0 Å². The summed E-state index contributed by atoms with van der Waals surface area (Å²) in [5, 5.41) is 2.34. The number of hydrogen-bond acceptors (Lipinski definition) is 5. The summed E-state index contributed by atoms with van der Waals surface area (Å²) < 4.78 is 0. The lowest BCUT2D eigenvalue weighted by molar-refractivity contribution is -0.132. The SMILES string of the molecule is CCC1C(=O)NC(=O)CN1c1ncccc1CN. The van der Waals surface area contributed by atoms with Gasteiger partial charge >= 0.3 is 0 Å². The maximum absolute atomic E-state index is 11.8. The number of amides is 2. The number of aromatic nitrogens is 1. The molecule has 1 aromatic heterocycles. The molecule has 1 saturated heterocycles. The smallest absolute Gasteiger partial charge is 0.249 e. The van der Waals surface area contributed by atoms with Crippen LogP contribution in [0, 0.1) is 0 Å². The lowest BCUT2D eigenvalue weighted by Gasteiger charge is -2.35. The van der Waals surface area contributed by atoms with E-state index in [4.69, 9.17) is 5.73 Å². The first-order valence-electron chi connectivity index (χ1n) is 5.91. The fraction of sp³-hybridized carbons (Fsp3) is 0.417. The maximum atomic E-state index is 11.8. The van der Waals surface area contributed by atoms with E-state index in [0.717, 1.165) is 5.56 Å². The predicted molar refractivity (Wildman–Crippen MR) is 66.7 cm³/mol. The second kappa shape index (κ2) is 5.14. The minimum atomic E-state index is -0.372. The van der Waals surface area contributed by atoms with E-state index in [1.807, 2.05) is 13.0 Å². The van der Waals surface area contributed by atoms with Crippen molar-refractivity contribution < 1.29 is 9.59 Å². The molecule has 0 aromatic carbocycles. The Balaban J connectivity index is 2.39. The predicted octanol–water partition coefficient (Wildman–Crippen LogP) is -0.218. The van der Waals surface area contributed by atoms with Crippen LogP contribution in [0.1, 0.15) is 18.9 Å². The number of anilines is 1. The molecular weight excluding hydrogens is 232 g/mol. The van der Waals surface area contributed by atoms with Crippen molar-refractivity contribution in [2.24, 2.45) is 5.73 Å². The van der Waals surface area contributed by atoms with Gasteiger partial charge in [-0.25, -0.2) is 4.98 Å². The van der Waals surface area contributed by atoms with Crippen molar-refractivity contribution in [3.8, 4) is 0 Å². The summed E-state index contributed by atoms with van der Waals surface area (Å²) >= 11 is 0. The summed E-state index contributed by atoms with van der Waals surface area (Å²) in [5.74, 6) is 0.0377. The number of nitrogens with two attached hydrogens (primary N) is 1. The van der Waals surface area contributed by atoms with Gasteiger partial charge in [-0.05, 0) is 12.5 Å². The number of imide groups is 1. The highest BCUT2D eigenvalue weighted by Crippen LogP contribution is 2.22. The summed E-state index contributed by atoms with van der Waals surface area (Å²) in [6.45, 7) is 2.36. The Morgan fingerprint density at radius 1 is 1.56 bits per heavy atom. The Labute approximate surface area is 105 Å². The van der Waals surface area contributed by atoms with Crippen LogP contribution in [0.3, 0.4) is 0 Å². The zero-order valence-electron chi connectivity index (χ0n) is 10.2. The van der Waals surface area contributed by atoms with Gasteiger partial charge in [-0.1, -0.05) is 13.0 Å². The molecule has 2 amide bonds. The molecule has 1 aliphatic heterocycles. The largest absolute Gasteiger partial charge is 0.335 e. The third kappa shape index (κ3) is 2.19. The van der Waals surface area contributed by atoms with E-state index < -0.39 is 0 Å². The molecule has 2 heterocycles. The summed E-state index contributed by atoms with van der Waals surface area (Å²) in [7, 11) is 0. The molecule has 2 rings (SSSR count). The average Bonchev–Trinajstić information content (AvgIpc) is 2.38. The molecule has 0 bridgehead atoms. The quantitative estimate of drug-likeness (QED) is 0.722. The Morgan fingerprint density at radius 3 is 3.00 bits per heavy atom. The molecule has 0 saturated carbocycles. The van der Waals surface area contributed by atoms with Gasteiger partial charge < -0.3 is 10.6 Å². The van der Waals surface area contributed by atoms with Crippen molar-refractivity contribution in [3.63, 3.8) is 0 Å².